The van der Waals surface area contributed by atoms with Crippen molar-refractivity contribution >= 4 is 11.6 Å². The van der Waals surface area contributed by atoms with Gasteiger partial charge in [-0.05, 0) is 30.9 Å². The molecule has 0 N–H and O–H groups in total. The molecule has 106 valence electrons. The Morgan fingerprint density at radius 3 is 3.05 bits per heavy atom. The molecule has 1 saturated heterocycles. The Morgan fingerprint density at radius 1 is 1.35 bits per heavy atom. The highest BCUT2D eigenvalue weighted by atomic mass is 35.5. The van der Waals surface area contributed by atoms with Gasteiger partial charge in [0.05, 0.1) is 6.10 Å². The standard InChI is InChI=1S/C11H13ClN6O2/c12-9-15-10(18-7-13-6-14-18)17-11(16-9)20-5-8-3-1-2-4-19-8/h6-8H,1-5H2. The van der Waals surface area contributed by atoms with E-state index >= 15 is 0 Å². The smallest absolute Gasteiger partial charge is 0.322 e. The van der Waals surface area contributed by atoms with E-state index in [0.29, 0.717) is 6.61 Å². The normalized spacial score (nSPS) is 18.9. The molecule has 2 aromatic rings. The molecule has 0 spiro atoms. The van der Waals surface area contributed by atoms with E-state index < -0.39 is 0 Å². The van der Waals surface area contributed by atoms with Crippen LogP contribution in [0.3, 0.4) is 0 Å². The SMILES string of the molecule is Clc1nc(OCC2CCCCO2)nc(-n2cncn2)n1. The van der Waals surface area contributed by atoms with Crippen molar-refractivity contribution in [3.8, 4) is 12.0 Å². The van der Waals surface area contributed by atoms with Gasteiger partial charge in [-0.2, -0.15) is 24.7 Å². The van der Waals surface area contributed by atoms with E-state index in [1.54, 1.807) is 0 Å². The van der Waals surface area contributed by atoms with Crippen molar-refractivity contribution in [2.45, 2.75) is 25.4 Å². The third-order valence-corrected chi connectivity index (χ3v) is 3.04. The molecule has 1 fully saturated rings. The van der Waals surface area contributed by atoms with Gasteiger partial charge in [0.25, 0.3) is 5.95 Å². The predicted molar refractivity (Wildman–Crippen MR) is 68.8 cm³/mol. The Bertz CT molecular complexity index is 558. The van der Waals surface area contributed by atoms with Gasteiger partial charge in [0, 0.05) is 6.61 Å². The lowest BCUT2D eigenvalue weighted by molar-refractivity contribution is -0.0129. The Balaban J connectivity index is 1.69. The summed E-state index contributed by atoms with van der Waals surface area (Å²) >= 11 is 5.85. The van der Waals surface area contributed by atoms with Gasteiger partial charge in [0.2, 0.25) is 5.28 Å². The maximum absolute atomic E-state index is 5.85. The highest BCUT2D eigenvalue weighted by Crippen LogP contribution is 2.15. The maximum atomic E-state index is 5.85. The number of ether oxygens (including phenoxy) is 2. The van der Waals surface area contributed by atoms with E-state index in [1.807, 2.05) is 0 Å². The summed E-state index contributed by atoms with van der Waals surface area (Å²) in [4.78, 5) is 15.9. The first-order chi connectivity index (χ1) is 9.81. The predicted octanol–water partition coefficient (Wildman–Crippen LogP) is 1.05. The molecule has 1 atom stereocenters. The molecule has 1 unspecified atom stereocenters. The van der Waals surface area contributed by atoms with Crippen molar-refractivity contribution in [1.29, 1.82) is 0 Å². The molecule has 2 aromatic heterocycles. The average molecular weight is 297 g/mol. The van der Waals surface area contributed by atoms with Crippen LogP contribution in [0.15, 0.2) is 12.7 Å². The van der Waals surface area contributed by atoms with Crippen LogP contribution in [0.4, 0.5) is 0 Å². The Morgan fingerprint density at radius 2 is 2.30 bits per heavy atom. The molecule has 1 aliphatic rings. The monoisotopic (exact) mass is 296 g/mol. The number of aromatic nitrogens is 6. The number of hydrogen-bond donors (Lipinski definition) is 0. The lowest BCUT2D eigenvalue weighted by Crippen LogP contribution is -2.26. The van der Waals surface area contributed by atoms with Crippen LogP contribution in [0.5, 0.6) is 6.01 Å². The fourth-order valence-electron chi connectivity index (χ4n) is 1.91. The molecule has 0 saturated carbocycles. The van der Waals surface area contributed by atoms with Gasteiger partial charge >= 0.3 is 6.01 Å². The van der Waals surface area contributed by atoms with Crippen LogP contribution in [0.2, 0.25) is 5.28 Å². The van der Waals surface area contributed by atoms with Crippen molar-refractivity contribution in [3.63, 3.8) is 0 Å². The van der Waals surface area contributed by atoms with E-state index in [-0.39, 0.29) is 23.3 Å². The fraction of sp³-hybridized carbons (Fsp3) is 0.545. The summed E-state index contributed by atoms with van der Waals surface area (Å²) in [5.74, 6) is 0.266. The molecular formula is C11H13ClN6O2. The van der Waals surface area contributed by atoms with Gasteiger partial charge in [-0.15, -0.1) is 0 Å². The third-order valence-electron chi connectivity index (χ3n) is 2.87. The van der Waals surface area contributed by atoms with Gasteiger partial charge in [-0.1, -0.05) is 0 Å². The van der Waals surface area contributed by atoms with Gasteiger partial charge in [-0.3, -0.25) is 0 Å². The summed E-state index contributed by atoms with van der Waals surface area (Å²) in [5, 5.41) is 3.98. The van der Waals surface area contributed by atoms with Crippen molar-refractivity contribution in [2.75, 3.05) is 13.2 Å². The molecule has 9 heteroatoms. The first-order valence-electron chi connectivity index (χ1n) is 6.32. The molecule has 1 aliphatic heterocycles. The van der Waals surface area contributed by atoms with E-state index in [9.17, 15) is 0 Å². The first-order valence-corrected chi connectivity index (χ1v) is 6.70. The summed E-state index contributed by atoms with van der Waals surface area (Å²) in [5.41, 5.74) is 0. The number of nitrogens with zero attached hydrogens (tertiary/aromatic N) is 6. The summed E-state index contributed by atoms with van der Waals surface area (Å²) in [6.07, 6.45) is 6.16. The average Bonchev–Trinajstić information content (AvgIpc) is 3.00. The van der Waals surface area contributed by atoms with Crippen molar-refractivity contribution < 1.29 is 9.47 Å². The van der Waals surface area contributed by atoms with Crippen molar-refractivity contribution in [1.82, 2.24) is 29.7 Å². The summed E-state index contributed by atoms with van der Waals surface area (Å²) in [6, 6.07) is 0.157. The molecule has 20 heavy (non-hydrogen) atoms. The first kappa shape index (κ1) is 13.2. The van der Waals surface area contributed by atoms with E-state index in [0.717, 1.165) is 25.9 Å². The molecule has 0 bridgehead atoms. The van der Waals surface area contributed by atoms with Gasteiger partial charge < -0.3 is 9.47 Å². The molecule has 0 radical (unpaired) electrons. The second-order valence-electron chi connectivity index (χ2n) is 4.33. The van der Waals surface area contributed by atoms with Crippen LogP contribution in [0, 0.1) is 0 Å². The Hall–Kier alpha value is -1.80. The fourth-order valence-corrected chi connectivity index (χ4v) is 2.05. The number of rotatable bonds is 4. The molecule has 0 aromatic carbocycles. The summed E-state index contributed by atoms with van der Waals surface area (Å²) in [7, 11) is 0. The molecule has 8 nitrogen and oxygen atoms in total. The maximum Gasteiger partial charge on any atom is 0.322 e. The minimum atomic E-state index is 0.0464. The minimum Gasteiger partial charge on any atom is -0.461 e. The molecule has 3 heterocycles. The lowest BCUT2D eigenvalue weighted by atomic mass is 10.1. The van der Waals surface area contributed by atoms with Crippen LogP contribution in [-0.2, 0) is 4.74 Å². The van der Waals surface area contributed by atoms with E-state index in [4.69, 9.17) is 21.1 Å². The second kappa shape index (κ2) is 6.10. The van der Waals surface area contributed by atoms with Crippen LogP contribution < -0.4 is 4.74 Å². The van der Waals surface area contributed by atoms with Crippen molar-refractivity contribution in [2.24, 2.45) is 0 Å². The minimum absolute atomic E-state index is 0.0464. The third kappa shape index (κ3) is 3.20. The van der Waals surface area contributed by atoms with Crippen LogP contribution in [-0.4, -0.2) is 49.0 Å². The highest BCUT2D eigenvalue weighted by molar-refractivity contribution is 6.28. The quantitative estimate of drug-likeness (QED) is 0.833. The largest absolute Gasteiger partial charge is 0.461 e. The van der Waals surface area contributed by atoms with E-state index in [1.165, 1.54) is 17.3 Å². The molecular weight excluding hydrogens is 284 g/mol. The molecule has 0 aliphatic carbocycles. The van der Waals surface area contributed by atoms with Crippen LogP contribution in [0.1, 0.15) is 19.3 Å². The Kier molecular flexibility index (Phi) is 4.03. The van der Waals surface area contributed by atoms with Crippen LogP contribution >= 0.6 is 11.6 Å². The van der Waals surface area contributed by atoms with Gasteiger partial charge in [0.15, 0.2) is 0 Å². The van der Waals surface area contributed by atoms with Gasteiger partial charge in [-0.25, -0.2) is 4.98 Å². The zero-order valence-corrected chi connectivity index (χ0v) is 11.4. The van der Waals surface area contributed by atoms with Crippen molar-refractivity contribution in [3.05, 3.63) is 17.9 Å². The lowest BCUT2D eigenvalue weighted by Gasteiger charge is -2.21. The zero-order valence-electron chi connectivity index (χ0n) is 10.6. The molecule has 3 rings (SSSR count). The highest BCUT2D eigenvalue weighted by Gasteiger charge is 2.16. The van der Waals surface area contributed by atoms with Gasteiger partial charge in [0.1, 0.15) is 19.3 Å². The number of hydrogen-bond acceptors (Lipinski definition) is 7. The summed E-state index contributed by atoms with van der Waals surface area (Å²) < 4.78 is 12.5. The number of halogens is 1. The molecule has 0 amide bonds. The Labute approximate surface area is 120 Å². The van der Waals surface area contributed by atoms with E-state index in [2.05, 4.69) is 25.0 Å². The second-order valence-corrected chi connectivity index (χ2v) is 4.66. The van der Waals surface area contributed by atoms with Crippen LogP contribution in [0.25, 0.3) is 5.95 Å². The zero-order chi connectivity index (χ0) is 13.8. The summed E-state index contributed by atoms with van der Waals surface area (Å²) in [6.45, 7) is 1.17. The topological polar surface area (TPSA) is 87.8 Å².